The van der Waals surface area contributed by atoms with E-state index in [1.54, 1.807) is 0 Å². The van der Waals surface area contributed by atoms with Crippen molar-refractivity contribution in [2.24, 2.45) is 0 Å². The summed E-state index contributed by atoms with van der Waals surface area (Å²) in [7, 11) is 0. The maximum atomic E-state index is 4.88. The molecule has 12 aromatic rings. The molecule has 0 amide bonds. The summed E-state index contributed by atoms with van der Waals surface area (Å²) in [4.78, 5) is 19.5. The lowest BCUT2D eigenvalue weighted by atomic mass is 9.96. The summed E-state index contributed by atoms with van der Waals surface area (Å²) in [6.45, 7) is 0. The third-order valence-corrected chi connectivity index (χ3v) is 15.3. The molecule has 12 rings (SSSR count). The third kappa shape index (κ3) is 11.0. The van der Waals surface area contributed by atoms with Gasteiger partial charge in [-0.1, -0.05) is 203 Å². The quantitative estimate of drug-likeness (QED) is 0.0599. The van der Waals surface area contributed by atoms with Crippen LogP contribution in [0.25, 0.3) is 87.2 Å². The highest BCUT2D eigenvalue weighted by atomic mass is 14.7. The largest absolute Gasteiger partial charge is 0.248 e. The Morgan fingerprint density at radius 1 is 0.164 bits per heavy atom. The first-order valence-electron chi connectivity index (χ1n) is 27.3. The van der Waals surface area contributed by atoms with Gasteiger partial charge in [0.25, 0.3) is 0 Å². The number of hydrogen-bond donors (Lipinski definition) is 0. The van der Waals surface area contributed by atoms with Crippen molar-refractivity contribution in [1.82, 2.24) is 19.9 Å². The number of benzene rings is 8. The first-order valence-corrected chi connectivity index (χ1v) is 27.3. The van der Waals surface area contributed by atoms with Gasteiger partial charge < -0.3 is 0 Å². The molecule has 4 nitrogen and oxygen atoms in total. The van der Waals surface area contributed by atoms with E-state index in [0.29, 0.717) is 0 Å². The molecule has 362 valence electrons. The van der Waals surface area contributed by atoms with Gasteiger partial charge >= 0.3 is 0 Å². The van der Waals surface area contributed by atoms with E-state index in [1.807, 2.05) is 0 Å². The molecule has 0 aliphatic carbocycles. The lowest BCUT2D eigenvalue weighted by molar-refractivity contribution is 0.580. The van der Waals surface area contributed by atoms with Crippen LogP contribution in [0.2, 0.25) is 0 Å². The van der Waals surface area contributed by atoms with Crippen LogP contribution in [0, 0.1) is 0 Å². The standard InChI is InChI=1S/C35H34N2.C34H32N2/c1(2-4-6-16-26-28-18-8-12-22-32(28)36-33-23-13-9-19-29(26)33)3-5-7-17-27-30-20-10-14-24-34(30)37-35-25-15-11-21-31(27)35;1(3-5-15-25-27-17-7-11-21-31(27)35-32-22-12-8-18-28(25)32)2-4-6-16-26-29-19-9-13-23-33(29)36-34-24-14-10-20-30(26)34/h8-15,18-25H,1-7,16-17H2;7-14,17-24H,1-6,15-16H2. The first kappa shape index (κ1) is 47.7. The van der Waals surface area contributed by atoms with Crippen LogP contribution in [0.1, 0.15) is 106 Å². The van der Waals surface area contributed by atoms with Crippen LogP contribution in [0.15, 0.2) is 194 Å². The Kier molecular flexibility index (Phi) is 15.3. The maximum absolute atomic E-state index is 4.88. The van der Waals surface area contributed by atoms with E-state index in [0.717, 1.165) is 69.8 Å². The molecule has 0 radical (unpaired) electrons. The summed E-state index contributed by atoms with van der Waals surface area (Å²) in [6.07, 6.45) is 21.2. The monoisotopic (exact) mass is 951 g/mol. The lowest BCUT2D eigenvalue weighted by Gasteiger charge is -2.11. The summed E-state index contributed by atoms with van der Waals surface area (Å²) in [5, 5.41) is 10.5. The number of unbranched alkanes of at least 4 members (excludes halogenated alkanes) is 11. The molecule has 0 fully saturated rings. The Labute approximate surface area is 430 Å². The van der Waals surface area contributed by atoms with Crippen LogP contribution in [-0.4, -0.2) is 19.9 Å². The van der Waals surface area contributed by atoms with E-state index >= 15 is 0 Å². The fourth-order valence-electron chi connectivity index (χ4n) is 11.6. The molecule has 0 bridgehead atoms. The van der Waals surface area contributed by atoms with Crippen LogP contribution in [-0.2, 0) is 25.7 Å². The van der Waals surface area contributed by atoms with Gasteiger partial charge in [-0.05, 0) is 122 Å². The van der Waals surface area contributed by atoms with Crippen molar-refractivity contribution >= 4 is 87.2 Å². The number of aryl methyl sites for hydroxylation is 4. The van der Waals surface area contributed by atoms with Gasteiger partial charge in [-0.2, -0.15) is 0 Å². The van der Waals surface area contributed by atoms with Crippen molar-refractivity contribution in [3.63, 3.8) is 0 Å². The van der Waals surface area contributed by atoms with Crippen LogP contribution >= 0.6 is 0 Å². The zero-order valence-electron chi connectivity index (χ0n) is 42.3. The predicted molar refractivity (Wildman–Crippen MR) is 312 cm³/mol. The third-order valence-electron chi connectivity index (χ3n) is 15.3. The molecular weight excluding hydrogens is 885 g/mol. The van der Waals surface area contributed by atoms with Gasteiger partial charge in [0.2, 0.25) is 0 Å². The molecule has 4 heterocycles. The zero-order chi connectivity index (χ0) is 49.0. The number of nitrogens with zero attached hydrogens (tertiary/aromatic N) is 4. The van der Waals surface area contributed by atoms with Gasteiger partial charge in [0, 0.05) is 43.1 Å². The highest BCUT2D eigenvalue weighted by Gasteiger charge is 2.13. The number of rotatable bonds is 19. The van der Waals surface area contributed by atoms with Gasteiger partial charge in [0.1, 0.15) is 0 Å². The summed E-state index contributed by atoms with van der Waals surface area (Å²) in [6, 6.07) is 68.8. The van der Waals surface area contributed by atoms with E-state index in [2.05, 4.69) is 194 Å². The van der Waals surface area contributed by atoms with E-state index < -0.39 is 0 Å². The number of pyridine rings is 4. The van der Waals surface area contributed by atoms with Gasteiger partial charge in [0.05, 0.1) is 44.1 Å². The molecule has 0 atom stereocenters. The Balaban J connectivity index is 0.000000157. The molecule has 0 saturated carbocycles. The second-order valence-corrected chi connectivity index (χ2v) is 20.1. The van der Waals surface area contributed by atoms with Gasteiger partial charge in [-0.3, -0.25) is 0 Å². The van der Waals surface area contributed by atoms with Crippen LogP contribution in [0.5, 0.6) is 0 Å². The molecule has 4 heteroatoms. The number of hydrogen-bond acceptors (Lipinski definition) is 4. The maximum Gasteiger partial charge on any atom is 0.0712 e. The van der Waals surface area contributed by atoms with Crippen molar-refractivity contribution in [2.45, 2.75) is 109 Å². The molecule has 0 N–H and O–H groups in total. The van der Waals surface area contributed by atoms with Crippen molar-refractivity contribution in [2.75, 3.05) is 0 Å². The topological polar surface area (TPSA) is 51.6 Å². The van der Waals surface area contributed by atoms with E-state index in [1.165, 1.54) is 149 Å². The van der Waals surface area contributed by atoms with E-state index in [-0.39, 0.29) is 0 Å². The van der Waals surface area contributed by atoms with Crippen molar-refractivity contribution < 1.29 is 0 Å². The fraction of sp³-hybridized carbons (Fsp3) is 0.246. The lowest BCUT2D eigenvalue weighted by Crippen LogP contribution is -1.94. The minimum Gasteiger partial charge on any atom is -0.248 e. The Bertz CT molecular complexity index is 3350. The SMILES string of the molecule is c1ccc2c(CCCCCCCCCc3c4ccccc4nc4ccccc34)c3ccccc3nc2c1.c1ccc2c(CCCCCCCCc3c4ccccc4nc4ccccc34)c3ccccc3nc2c1. The molecule has 0 saturated heterocycles. The Hall–Kier alpha value is -7.56. The van der Waals surface area contributed by atoms with Crippen molar-refractivity contribution in [3.8, 4) is 0 Å². The molecule has 0 aliphatic rings. The second kappa shape index (κ2) is 23.3. The average molecular weight is 951 g/mol. The molecule has 8 aromatic carbocycles. The fourth-order valence-corrected chi connectivity index (χ4v) is 11.6. The molecular formula is C69H66N4. The number of fused-ring (bicyclic) bond motifs is 8. The summed E-state index contributed by atoms with van der Waals surface area (Å²) >= 11 is 0. The normalized spacial score (nSPS) is 11.7. The minimum absolute atomic E-state index is 1.11. The van der Waals surface area contributed by atoms with Gasteiger partial charge in [-0.15, -0.1) is 0 Å². The minimum atomic E-state index is 1.11. The smallest absolute Gasteiger partial charge is 0.0712 e. The molecule has 0 unspecified atom stereocenters. The van der Waals surface area contributed by atoms with Gasteiger partial charge in [0.15, 0.2) is 0 Å². The molecule has 0 aliphatic heterocycles. The summed E-state index contributed by atoms with van der Waals surface area (Å²) in [5.74, 6) is 0. The molecule has 73 heavy (non-hydrogen) atoms. The van der Waals surface area contributed by atoms with Crippen LogP contribution in [0.4, 0.5) is 0 Å². The van der Waals surface area contributed by atoms with Crippen molar-refractivity contribution in [1.29, 1.82) is 0 Å². The van der Waals surface area contributed by atoms with Crippen LogP contribution < -0.4 is 0 Å². The highest BCUT2D eigenvalue weighted by molar-refractivity contribution is 6.00. The highest BCUT2D eigenvalue weighted by Crippen LogP contribution is 2.32. The van der Waals surface area contributed by atoms with E-state index in [4.69, 9.17) is 19.9 Å². The van der Waals surface area contributed by atoms with Crippen LogP contribution in [0.3, 0.4) is 0 Å². The molecule has 0 spiro atoms. The number of aromatic nitrogens is 4. The number of para-hydroxylation sites is 8. The summed E-state index contributed by atoms with van der Waals surface area (Å²) < 4.78 is 0. The second-order valence-electron chi connectivity index (χ2n) is 20.1. The predicted octanol–water partition coefficient (Wildman–Crippen LogP) is 18.8. The Morgan fingerprint density at radius 3 is 0.466 bits per heavy atom. The first-order chi connectivity index (χ1) is 36.3. The average Bonchev–Trinajstić information content (AvgIpc) is 3.44. The molecule has 4 aromatic heterocycles. The summed E-state index contributed by atoms with van der Waals surface area (Å²) in [5.41, 5.74) is 14.8. The van der Waals surface area contributed by atoms with Gasteiger partial charge in [-0.25, -0.2) is 19.9 Å². The zero-order valence-corrected chi connectivity index (χ0v) is 42.3. The van der Waals surface area contributed by atoms with E-state index in [9.17, 15) is 0 Å². The Morgan fingerprint density at radius 2 is 0.301 bits per heavy atom. The van der Waals surface area contributed by atoms with Crippen molar-refractivity contribution in [3.05, 3.63) is 216 Å².